The molecule has 0 radical (unpaired) electrons. The third kappa shape index (κ3) is 3.61. The molecule has 2 aliphatic carbocycles. The highest BCUT2D eigenvalue weighted by molar-refractivity contribution is 5.48. The Morgan fingerprint density at radius 3 is 2.00 bits per heavy atom. The van der Waals surface area contributed by atoms with Crippen molar-refractivity contribution >= 4 is 0 Å². The first-order valence-electron chi connectivity index (χ1n) is 8.23. The van der Waals surface area contributed by atoms with E-state index in [4.69, 9.17) is 0 Å². The van der Waals surface area contributed by atoms with Gasteiger partial charge in [0, 0.05) is 26.3 Å². The van der Waals surface area contributed by atoms with Crippen LogP contribution >= 0.6 is 0 Å². The van der Waals surface area contributed by atoms with Gasteiger partial charge in [0.25, 0.3) is 0 Å². The average Bonchev–Trinajstić information content (AvgIpc) is 2.91. The first-order chi connectivity index (χ1) is 11.6. The maximum absolute atomic E-state index is 14.1. The predicted molar refractivity (Wildman–Crippen MR) is 90.2 cm³/mol. The Morgan fingerprint density at radius 1 is 1.12 bits per heavy atom. The first kappa shape index (κ1) is 17.7. The second kappa shape index (κ2) is 5.98. The van der Waals surface area contributed by atoms with Gasteiger partial charge >= 0.3 is 0 Å². The Hall–Kier alpha value is -2.15. The third-order valence-corrected chi connectivity index (χ3v) is 4.74. The van der Waals surface area contributed by atoms with Gasteiger partial charge in [-0.25, -0.2) is 13.5 Å². The normalized spacial score (nSPS) is 31.4. The van der Waals surface area contributed by atoms with Crippen LogP contribution in [0.25, 0.3) is 0 Å². The van der Waals surface area contributed by atoms with Crippen LogP contribution in [0.15, 0.2) is 47.6 Å². The third-order valence-electron chi connectivity index (χ3n) is 4.74. The molecule has 25 heavy (non-hydrogen) atoms. The lowest BCUT2D eigenvalue weighted by molar-refractivity contribution is 0.116. The van der Waals surface area contributed by atoms with Crippen LogP contribution in [0.3, 0.4) is 0 Å². The highest BCUT2D eigenvalue weighted by Gasteiger charge is 2.39. The van der Waals surface area contributed by atoms with Crippen molar-refractivity contribution in [3.8, 4) is 0 Å². The standard InChI is InChI=1S/C18H22F2N4O/c1-16(19)8-4-13(5-9-16)18(25,12-15-21-22-23-24(15)3)14-6-10-17(2,20)11-7-14/h4-8,10,25H,9,11-12H2,1-3H3. The smallest absolute Gasteiger partial charge is 0.154 e. The summed E-state index contributed by atoms with van der Waals surface area (Å²) in [7, 11) is 1.68. The number of rotatable bonds is 4. The topological polar surface area (TPSA) is 63.8 Å². The zero-order valence-electron chi connectivity index (χ0n) is 14.6. The minimum absolute atomic E-state index is 0.106. The minimum atomic E-state index is -1.46. The molecule has 5 nitrogen and oxygen atoms in total. The molecule has 1 N–H and O–H groups in total. The fourth-order valence-electron chi connectivity index (χ4n) is 3.03. The Kier molecular flexibility index (Phi) is 4.23. The highest BCUT2D eigenvalue weighted by atomic mass is 19.1. The van der Waals surface area contributed by atoms with Crippen molar-refractivity contribution in [3.63, 3.8) is 0 Å². The summed E-state index contributed by atoms with van der Waals surface area (Å²) in [5.41, 5.74) is -3.22. The average molecular weight is 348 g/mol. The number of aryl methyl sites for hydroxylation is 1. The van der Waals surface area contributed by atoms with Gasteiger partial charge in [-0.3, -0.25) is 0 Å². The van der Waals surface area contributed by atoms with Crippen molar-refractivity contribution in [1.82, 2.24) is 20.2 Å². The van der Waals surface area contributed by atoms with Gasteiger partial charge in [-0.05, 0) is 47.6 Å². The molecule has 2 aliphatic rings. The fraction of sp³-hybridized carbons (Fsp3) is 0.500. The maximum Gasteiger partial charge on any atom is 0.154 e. The van der Waals surface area contributed by atoms with Gasteiger partial charge in [-0.2, -0.15) is 0 Å². The number of aliphatic hydroxyl groups is 1. The molecule has 2 unspecified atom stereocenters. The maximum atomic E-state index is 14.1. The van der Waals surface area contributed by atoms with Gasteiger partial charge in [0.1, 0.15) is 16.9 Å². The lowest BCUT2D eigenvalue weighted by Gasteiger charge is -2.35. The first-order valence-corrected chi connectivity index (χ1v) is 8.23. The molecule has 3 rings (SSSR count). The van der Waals surface area contributed by atoms with Crippen LogP contribution in [-0.2, 0) is 13.5 Å². The summed E-state index contributed by atoms with van der Waals surface area (Å²) in [5.74, 6) is 0.480. The number of hydrogen-bond acceptors (Lipinski definition) is 4. The molecule has 7 heteroatoms. The SMILES string of the molecule is Cn1nnnc1CC(O)(C1=CCC(C)(F)C=C1)C1=CCC(C)(F)C=C1. The Bertz CT molecular complexity index is 745. The van der Waals surface area contributed by atoms with E-state index in [-0.39, 0.29) is 19.3 Å². The Morgan fingerprint density at radius 2 is 1.64 bits per heavy atom. The molecule has 134 valence electrons. The highest BCUT2D eigenvalue weighted by Crippen LogP contribution is 2.39. The van der Waals surface area contributed by atoms with Crippen molar-refractivity contribution in [3.05, 3.63) is 53.4 Å². The van der Waals surface area contributed by atoms with E-state index in [1.54, 1.807) is 31.4 Å². The second-order valence-corrected chi connectivity index (χ2v) is 7.21. The number of nitrogens with zero attached hydrogens (tertiary/aromatic N) is 4. The lowest BCUT2D eigenvalue weighted by atomic mass is 9.76. The van der Waals surface area contributed by atoms with Gasteiger partial charge in [-0.1, -0.05) is 24.3 Å². The van der Waals surface area contributed by atoms with E-state index in [2.05, 4.69) is 15.5 Å². The van der Waals surface area contributed by atoms with Crippen LogP contribution < -0.4 is 0 Å². The number of aromatic nitrogens is 4. The molecular weight excluding hydrogens is 326 g/mol. The van der Waals surface area contributed by atoms with Gasteiger partial charge in [-0.15, -0.1) is 5.10 Å². The summed E-state index contributed by atoms with van der Waals surface area (Å²) in [6.07, 6.45) is 9.85. The zero-order valence-corrected chi connectivity index (χ0v) is 14.6. The quantitative estimate of drug-likeness (QED) is 0.909. The summed E-state index contributed by atoms with van der Waals surface area (Å²) in [4.78, 5) is 0. The molecule has 1 aromatic heterocycles. The van der Waals surface area contributed by atoms with E-state index >= 15 is 0 Å². The molecule has 0 spiro atoms. The largest absolute Gasteiger partial charge is 0.380 e. The summed E-state index contributed by atoms with van der Waals surface area (Å²) >= 11 is 0. The molecule has 0 amide bonds. The number of hydrogen-bond donors (Lipinski definition) is 1. The number of allylic oxidation sites excluding steroid dienone is 4. The van der Waals surface area contributed by atoms with Crippen LogP contribution in [0.1, 0.15) is 32.5 Å². The van der Waals surface area contributed by atoms with Gasteiger partial charge < -0.3 is 5.11 Å². The van der Waals surface area contributed by atoms with E-state index in [1.165, 1.54) is 30.7 Å². The summed E-state index contributed by atoms with van der Waals surface area (Å²) in [6, 6.07) is 0. The van der Waals surface area contributed by atoms with E-state index in [0.717, 1.165) is 0 Å². The predicted octanol–water partition coefficient (Wildman–Crippen LogP) is 2.71. The van der Waals surface area contributed by atoms with E-state index in [1.807, 2.05) is 0 Å². The van der Waals surface area contributed by atoms with Crippen molar-refractivity contribution in [2.45, 2.75) is 50.0 Å². The summed E-state index contributed by atoms with van der Waals surface area (Å²) < 4.78 is 29.7. The van der Waals surface area contributed by atoms with Crippen molar-refractivity contribution < 1.29 is 13.9 Å². The summed E-state index contributed by atoms with van der Waals surface area (Å²) in [5, 5.41) is 22.8. The van der Waals surface area contributed by atoms with Crippen LogP contribution in [0.4, 0.5) is 8.78 Å². The van der Waals surface area contributed by atoms with Gasteiger partial charge in [0.2, 0.25) is 0 Å². The molecule has 0 bridgehead atoms. The van der Waals surface area contributed by atoms with Gasteiger partial charge in [0.05, 0.1) is 0 Å². The van der Waals surface area contributed by atoms with Crippen LogP contribution in [0.5, 0.6) is 0 Å². The molecule has 1 aromatic rings. The number of alkyl halides is 2. The molecule has 0 aromatic carbocycles. The molecule has 0 aliphatic heterocycles. The fourth-order valence-corrected chi connectivity index (χ4v) is 3.03. The van der Waals surface area contributed by atoms with E-state index in [9.17, 15) is 13.9 Å². The summed E-state index contributed by atoms with van der Waals surface area (Å²) in [6.45, 7) is 2.97. The molecule has 1 heterocycles. The Labute approximate surface area is 145 Å². The molecular formula is C18H22F2N4O. The number of tetrazole rings is 1. The number of halogens is 2. The molecule has 0 saturated carbocycles. The van der Waals surface area contributed by atoms with Crippen molar-refractivity contribution in [2.75, 3.05) is 0 Å². The van der Waals surface area contributed by atoms with Crippen LogP contribution in [0.2, 0.25) is 0 Å². The Balaban J connectivity index is 1.99. The van der Waals surface area contributed by atoms with Crippen LogP contribution in [-0.4, -0.2) is 42.3 Å². The minimum Gasteiger partial charge on any atom is -0.380 e. The van der Waals surface area contributed by atoms with E-state index < -0.39 is 16.9 Å². The van der Waals surface area contributed by atoms with E-state index in [0.29, 0.717) is 17.0 Å². The van der Waals surface area contributed by atoms with Crippen molar-refractivity contribution in [2.24, 2.45) is 7.05 Å². The molecule has 0 saturated heterocycles. The van der Waals surface area contributed by atoms with Crippen LogP contribution in [0, 0.1) is 0 Å². The van der Waals surface area contributed by atoms with Crippen molar-refractivity contribution in [1.29, 1.82) is 0 Å². The zero-order chi connectivity index (χ0) is 18.3. The molecule has 0 fully saturated rings. The monoisotopic (exact) mass is 348 g/mol. The lowest BCUT2D eigenvalue weighted by Crippen LogP contribution is -2.39. The molecule has 2 atom stereocenters. The van der Waals surface area contributed by atoms with Gasteiger partial charge in [0.15, 0.2) is 5.82 Å². The second-order valence-electron chi connectivity index (χ2n) is 7.21.